The Morgan fingerprint density at radius 3 is 1.90 bits per heavy atom. The van der Waals surface area contributed by atoms with Crippen LogP contribution < -0.4 is 0 Å². The summed E-state index contributed by atoms with van der Waals surface area (Å²) in [4.78, 5) is 0.329. The second-order valence-electron chi connectivity index (χ2n) is 7.48. The van der Waals surface area contributed by atoms with Gasteiger partial charge in [-0.15, -0.1) is 0 Å². The quantitative estimate of drug-likeness (QED) is 0.700. The van der Waals surface area contributed by atoms with E-state index in [2.05, 4.69) is 0 Å². The summed E-state index contributed by atoms with van der Waals surface area (Å²) < 4.78 is 60.7. The number of nitrogens with zero attached hydrogens (tertiary/aromatic N) is 3. The highest BCUT2D eigenvalue weighted by Crippen LogP contribution is 2.28. The molecule has 10 heteroatoms. The predicted octanol–water partition coefficient (Wildman–Crippen LogP) is 1.33. The SMILES string of the molecule is Cc1cccc(S(=O)(=O)N2CC3CN(S(=O)(=O)c4ccc(C#N)cc4)CC(C2)O3)c1. The Balaban J connectivity index is 1.53. The molecule has 2 saturated heterocycles. The van der Waals surface area contributed by atoms with Crippen LogP contribution in [0.2, 0.25) is 0 Å². The standard InChI is InChI=1S/C20H21N3O5S2/c1-15-3-2-4-20(9-15)30(26,27)23-13-17-11-22(12-18(14-23)28-17)29(24,25)19-7-5-16(10-21)6-8-19/h2-9,17-18H,11-14H2,1H3. The average Bonchev–Trinajstić information content (AvgIpc) is 2.73. The smallest absolute Gasteiger partial charge is 0.243 e. The van der Waals surface area contributed by atoms with E-state index >= 15 is 0 Å². The summed E-state index contributed by atoms with van der Waals surface area (Å²) >= 11 is 0. The molecule has 0 N–H and O–H groups in total. The second-order valence-corrected chi connectivity index (χ2v) is 11.4. The van der Waals surface area contributed by atoms with Gasteiger partial charge in [0.05, 0.1) is 33.6 Å². The third-order valence-electron chi connectivity index (χ3n) is 5.26. The minimum absolute atomic E-state index is 0.0681. The third-order valence-corrected chi connectivity index (χ3v) is 8.94. The van der Waals surface area contributed by atoms with E-state index in [-0.39, 0.29) is 36.0 Å². The molecule has 2 aromatic carbocycles. The molecule has 2 bridgehead atoms. The Labute approximate surface area is 176 Å². The van der Waals surface area contributed by atoms with Crippen LogP contribution in [0.4, 0.5) is 0 Å². The highest BCUT2D eigenvalue weighted by Gasteiger charge is 2.43. The minimum atomic E-state index is -3.76. The fraction of sp³-hybridized carbons (Fsp3) is 0.350. The number of benzene rings is 2. The molecule has 0 aromatic heterocycles. The first kappa shape index (κ1) is 21.0. The largest absolute Gasteiger partial charge is 0.369 e. The molecule has 8 nitrogen and oxygen atoms in total. The number of sulfonamides is 2. The van der Waals surface area contributed by atoms with E-state index in [9.17, 15) is 16.8 Å². The van der Waals surface area contributed by atoms with Crippen LogP contribution in [0.1, 0.15) is 11.1 Å². The lowest BCUT2D eigenvalue weighted by atomic mass is 10.2. The van der Waals surface area contributed by atoms with Gasteiger partial charge in [-0.05, 0) is 48.9 Å². The zero-order valence-electron chi connectivity index (χ0n) is 16.3. The summed E-state index contributed by atoms with van der Waals surface area (Å²) in [5.41, 5.74) is 1.23. The molecule has 4 rings (SSSR count). The van der Waals surface area contributed by atoms with Crippen LogP contribution in [0.25, 0.3) is 0 Å². The van der Waals surface area contributed by atoms with Gasteiger partial charge in [0.1, 0.15) is 0 Å². The number of hydrogen-bond acceptors (Lipinski definition) is 6. The minimum Gasteiger partial charge on any atom is -0.369 e. The van der Waals surface area contributed by atoms with E-state index in [1.165, 1.54) is 32.9 Å². The van der Waals surface area contributed by atoms with Crippen LogP contribution in [0.15, 0.2) is 58.3 Å². The number of ether oxygens (including phenoxy) is 1. The number of rotatable bonds is 4. The van der Waals surface area contributed by atoms with Gasteiger partial charge in [0.15, 0.2) is 0 Å². The van der Waals surface area contributed by atoms with E-state index in [4.69, 9.17) is 10.00 Å². The molecule has 2 aliphatic rings. The molecule has 2 fully saturated rings. The highest BCUT2D eigenvalue weighted by atomic mass is 32.2. The van der Waals surface area contributed by atoms with Crippen molar-refractivity contribution >= 4 is 20.0 Å². The Hall–Kier alpha value is -2.29. The molecule has 2 heterocycles. The molecule has 0 spiro atoms. The number of aryl methyl sites for hydroxylation is 1. The van der Waals surface area contributed by atoms with Crippen LogP contribution in [0.3, 0.4) is 0 Å². The van der Waals surface area contributed by atoms with Crippen molar-refractivity contribution in [2.75, 3.05) is 26.2 Å². The van der Waals surface area contributed by atoms with Crippen molar-refractivity contribution in [2.24, 2.45) is 0 Å². The Bertz CT molecular complexity index is 1190. The molecule has 0 saturated carbocycles. The molecular formula is C20H21N3O5S2. The van der Waals surface area contributed by atoms with Gasteiger partial charge in [0, 0.05) is 26.2 Å². The molecule has 2 atom stereocenters. The fourth-order valence-electron chi connectivity index (χ4n) is 3.79. The second kappa shape index (κ2) is 7.76. The van der Waals surface area contributed by atoms with Crippen molar-refractivity contribution in [3.05, 3.63) is 59.7 Å². The van der Waals surface area contributed by atoms with E-state index in [0.29, 0.717) is 5.56 Å². The zero-order valence-corrected chi connectivity index (χ0v) is 17.9. The van der Waals surface area contributed by atoms with Gasteiger partial charge in [-0.3, -0.25) is 0 Å². The van der Waals surface area contributed by atoms with Crippen molar-refractivity contribution in [3.8, 4) is 6.07 Å². The summed E-state index contributed by atoms with van der Waals surface area (Å²) in [6, 6.07) is 14.4. The van der Waals surface area contributed by atoms with Crippen LogP contribution in [0.5, 0.6) is 0 Å². The van der Waals surface area contributed by atoms with E-state index < -0.39 is 32.3 Å². The molecule has 158 valence electrons. The fourth-order valence-corrected chi connectivity index (χ4v) is 6.90. The van der Waals surface area contributed by atoms with E-state index in [0.717, 1.165) is 5.56 Å². The molecule has 2 aromatic rings. The van der Waals surface area contributed by atoms with Gasteiger partial charge in [-0.25, -0.2) is 16.8 Å². The number of fused-ring (bicyclic) bond motifs is 2. The summed E-state index contributed by atoms with van der Waals surface area (Å²) in [6.45, 7) is 2.15. The van der Waals surface area contributed by atoms with Crippen LogP contribution in [0, 0.1) is 18.3 Å². The maximum absolute atomic E-state index is 13.0. The number of nitriles is 1. The molecule has 0 amide bonds. The van der Waals surface area contributed by atoms with Gasteiger partial charge in [0.2, 0.25) is 20.0 Å². The Morgan fingerprint density at radius 2 is 1.40 bits per heavy atom. The summed E-state index contributed by atoms with van der Waals surface area (Å²) in [5, 5.41) is 8.90. The van der Waals surface area contributed by atoms with Crippen molar-refractivity contribution in [3.63, 3.8) is 0 Å². The van der Waals surface area contributed by atoms with Gasteiger partial charge < -0.3 is 4.74 Å². The van der Waals surface area contributed by atoms with Crippen molar-refractivity contribution in [1.29, 1.82) is 5.26 Å². The monoisotopic (exact) mass is 447 g/mol. The normalized spacial score (nSPS) is 23.1. The van der Waals surface area contributed by atoms with Gasteiger partial charge in [0.25, 0.3) is 0 Å². The van der Waals surface area contributed by atoms with Gasteiger partial charge in [-0.1, -0.05) is 12.1 Å². The molecule has 2 aliphatic heterocycles. The number of hydrogen-bond donors (Lipinski definition) is 0. The molecule has 0 aliphatic carbocycles. The van der Waals surface area contributed by atoms with Crippen LogP contribution in [-0.4, -0.2) is 63.8 Å². The van der Waals surface area contributed by atoms with Crippen LogP contribution >= 0.6 is 0 Å². The topological polar surface area (TPSA) is 108 Å². The highest BCUT2D eigenvalue weighted by molar-refractivity contribution is 7.89. The first-order chi connectivity index (χ1) is 14.2. The van der Waals surface area contributed by atoms with Crippen LogP contribution in [-0.2, 0) is 24.8 Å². The van der Waals surface area contributed by atoms with Crippen molar-refractivity contribution in [2.45, 2.75) is 28.9 Å². The molecule has 2 unspecified atom stereocenters. The van der Waals surface area contributed by atoms with Gasteiger partial charge in [-0.2, -0.15) is 13.9 Å². The van der Waals surface area contributed by atoms with Crippen molar-refractivity contribution < 1.29 is 21.6 Å². The lowest BCUT2D eigenvalue weighted by Gasteiger charge is -2.44. The van der Waals surface area contributed by atoms with E-state index in [1.807, 2.05) is 19.1 Å². The van der Waals surface area contributed by atoms with Crippen molar-refractivity contribution in [1.82, 2.24) is 8.61 Å². The molecule has 30 heavy (non-hydrogen) atoms. The molecular weight excluding hydrogens is 426 g/mol. The molecule has 0 radical (unpaired) electrons. The first-order valence-corrected chi connectivity index (χ1v) is 12.3. The Kier molecular flexibility index (Phi) is 5.42. The summed E-state index contributed by atoms with van der Waals surface area (Å²) in [7, 11) is -7.45. The summed E-state index contributed by atoms with van der Waals surface area (Å²) in [5.74, 6) is 0. The number of morpholine rings is 2. The lowest BCUT2D eigenvalue weighted by molar-refractivity contribution is -0.104. The average molecular weight is 448 g/mol. The summed E-state index contributed by atoms with van der Waals surface area (Å²) in [6.07, 6.45) is -1.10. The third kappa shape index (κ3) is 3.87. The maximum atomic E-state index is 13.0. The maximum Gasteiger partial charge on any atom is 0.243 e. The zero-order chi connectivity index (χ0) is 21.5. The predicted molar refractivity (Wildman–Crippen MR) is 109 cm³/mol. The lowest BCUT2D eigenvalue weighted by Crippen LogP contribution is -2.61. The van der Waals surface area contributed by atoms with E-state index in [1.54, 1.807) is 18.2 Å². The van der Waals surface area contributed by atoms with Gasteiger partial charge >= 0.3 is 0 Å². The Morgan fingerprint density at radius 1 is 0.867 bits per heavy atom. The first-order valence-electron chi connectivity index (χ1n) is 9.43.